The lowest BCUT2D eigenvalue weighted by Gasteiger charge is -2.19. The highest BCUT2D eigenvalue weighted by atomic mass is 32.2. The Balaban J connectivity index is 3.28. The molecule has 0 aromatic heterocycles. The van der Waals surface area contributed by atoms with Crippen LogP contribution in [0, 0.1) is 16.0 Å². The lowest BCUT2D eigenvalue weighted by molar-refractivity contribution is -0.387. The first-order valence-electron chi connectivity index (χ1n) is 6.18. The third-order valence-electron chi connectivity index (χ3n) is 2.96. The second kappa shape index (κ2) is 6.83. The lowest BCUT2D eigenvalue weighted by Crippen LogP contribution is -2.41. The van der Waals surface area contributed by atoms with E-state index in [2.05, 4.69) is 4.72 Å². The predicted molar refractivity (Wildman–Crippen MR) is 75.7 cm³/mol. The van der Waals surface area contributed by atoms with Gasteiger partial charge in [0.1, 0.15) is 5.75 Å². The highest BCUT2D eigenvalue weighted by Gasteiger charge is 2.29. The maximum atomic E-state index is 12.3. The van der Waals surface area contributed by atoms with Gasteiger partial charge < -0.3 is 9.84 Å². The number of nitrogens with zero attached hydrogens (tertiary/aromatic N) is 1. The molecule has 0 bridgehead atoms. The monoisotopic (exact) mass is 318 g/mol. The van der Waals surface area contributed by atoms with E-state index in [4.69, 9.17) is 4.74 Å². The topological polar surface area (TPSA) is 119 Å². The number of hydrogen-bond donors (Lipinski definition) is 2. The molecule has 21 heavy (non-hydrogen) atoms. The summed E-state index contributed by atoms with van der Waals surface area (Å²) in [6, 6.07) is 2.74. The van der Waals surface area contributed by atoms with Crippen LogP contribution in [0.5, 0.6) is 5.75 Å². The van der Waals surface area contributed by atoms with Crippen molar-refractivity contribution < 1.29 is 23.2 Å². The molecule has 0 saturated carbocycles. The SMILES string of the molecule is COc1ccc(S(=O)(=O)NC(CO)C(C)C)c([N+](=O)[O-])c1. The van der Waals surface area contributed by atoms with Crippen molar-refractivity contribution in [3.05, 3.63) is 28.3 Å². The summed E-state index contributed by atoms with van der Waals surface area (Å²) in [5, 5.41) is 20.2. The number of nitrogens with one attached hydrogen (secondary N) is 1. The molecule has 0 radical (unpaired) electrons. The number of sulfonamides is 1. The highest BCUT2D eigenvalue weighted by molar-refractivity contribution is 7.89. The minimum Gasteiger partial charge on any atom is -0.497 e. The van der Waals surface area contributed by atoms with E-state index in [-0.39, 0.29) is 11.7 Å². The number of aliphatic hydroxyl groups excluding tert-OH is 1. The van der Waals surface area contributed by atoms with Gasteiger partial charge in [0, 0.05) is 6.04 Å². The second-order valence-corrected chi connectivity index (χ2v) is 6.43. The average molecular weight is 318 g/mol. The fourth-order valence-corrected chi connectivity index (χ4v) is 3.17. The van der Waals surface area contributed by atoms with Crippen molar-refractivity contribution in [1.82, 2.24) is 4.72 Å². The summed E-state index contributed by atoms with van der Waals surface area (Å²) in [5.74, 6) is 0.0188. The number of rotatable bonds is 7. The summed E-state index contributed by atoms with van der Waals surface area (Å²) >= 11 is 0. The van der Waals surface area contributed by atoms with Gasteiger partial charge in [-0.3, -0.25) is 10.1 Å². The number of hydrogen-bond acceptors (Lipinski definition) is 6. The van der Waals surface area contributed by atoms with Crippen molar-refractivity contribution in [2.75, 3.05) is 13.7 Å². The minimum atomic E-state index is -4.12. The highest BCUT2D eigenvalue weighted by Crippen LogP contribution is 2.28. The van der Waals surface area contributed by atoms with Crippen molar-refractivity contribution in [1.29, 1.82) is 0 Å². The van der Waals surface area contributed by atoms with E-state index in [1.165, 1.54) is 13.2 Å². The Morgan fingerprint density at radius 2 is 2.05 bits per heavy atom. The van der Waals surface area contributed by atoms with Crippen molar-refractivity contribution in [2.45, 2.75) is 24.8 Å². The molecule has 0 aliphatic rings. The Kier molecular flexibility index (Phi) is 5.64. The third-order valence-corrected chi connectivity index (χ3v) is 4.50. The molecule has 0 heterocycles. The number of nitro groups is 1. The summed E-state index contributed by atoms with van der Waals surface area (Å²) in [6.45, 7) is 3.05. The van der Waals surface area contributed by atoms with Crippen LogP contribution >= 0.6 is 0 Å². The lowest BCUT2D eigenvalue weighted by atomic mass is 10.1. The Labute approximate surface area is 122 Å². The maximum absolute atomic E-state index is 12.3. The molecule has 1 rings (SSSR count). The van der Waals surface area contributed by atoms with Gasteiger partial charge >= 0.3 is 0 Å². The molecule has 0 saturated heterocycles. The van der Waals surface area contributed by atoms with Crippen LogP contribution in [0.3, 0.4) is 0 Å². The normalized spacial score (nSPS) is 13.2. The smallest absolute Gasteiger partial charge is 0.293 e. The van der Waals surface area contributed by atoms with Crippen molar-refractivity contribution in [2.24, 2.45) is 5.92 Å². The fraction of sp³-hybridized carbons (Fsp3) is 0.500. The van der Waals surface area contributed by atoms with Crippen LogP contribution in [0.15, 0.2) is 23.1 Å². The maximum Gasteiger partial charge on any atom is 0.293 e. The van der Waals surface area contributed by atoms with E-state index in [1.54, 1.807) is 13.8 Å². The molecule has 1 aromatic carbocycles. The Morgan fingerprint density at radius 3 is 2.48 bits per heavy atom. The van der Waals surface area contributed by atoms with Gasteiger partial charge in [-0.25, -0.2) is 13.1 Å². The van der Waals surface area contributed by atoms with Crippen molar-refractivity contribution in [3.63, 3.8) is 0 Å². The second-order valence-electron chi connectivity index (χ2n) is 4.75. The number of methoxy groups -OCH3 is 1. The van der Waals surface area contributed by atoms with Gasteiger partial charge in [-0.05, 0) is 18.1 Å². The van der Waals surface area contributed by atoms with Gasteiger partial charge in [0.05, 0.1) is 24.7 Å². The van der Waals surface area contributed by atoms with Crippen LogP contribution < -0.4 is 9.46 Å². The van der Waals surface area contributed by atoms with Crippen molar-refractivity contribution >= 4 is 15.7 Å². The molecule has 0 aliphatic heterocycles. The van der Waals surface area contributed by atoms with Gasteiger partial charge in [0.25, 0.3) is 5.69 Å². The van der Waals surface area contributed by atoms with E-state index < -0.39 is 38.2 Å². The van der Waals surface area contributed by atoms with E-state index in [9.17, 15) is 23.6 Å². The molecule has 1 unspecified atom stereocenters. The zero-order chi connectivity index (χ0) is 16.2. The molecular formula is C12H18N2O6S. The van der Waals surface area contributed by atoms with Crippen LogP contribution in [0.4, 0.5) is 5.69 Å². The summed E-state index contributed by atoms with van der Waals surface area (Å²) in [6.07, 6.45) is 0. The number of nitro benzene ring substituents is 1. The molecule has 118 valence electrons. The quantitative estimate of drug-likeness (QED) is 0.569. The van der Waals surface area contributed by atoms with Gasteiger partial charge in [0.15, 0.2) is 4.90 Å². The molecule has 2 N–H and O–H groups in total. The van der Waals surface area contributed by atoms with Gasteiger partial charge in [-0.1, -0.05) is 13.8 Å². The molecule has 1 atom stereocenters. The van der Waals surface area contributed by atoms with Gasteiger partial charge in [-0.15, -0.1) is 0 Å². The molecule has 9 heteroatoms. The van der Waals surface area contributed by atoms with Crippen LogP contribution in [-0.4, -0.2) is 38.2 Å². The summed E-state index contributed by atoms with van der Waals surface area (Å²) in [7, 11) is -2.80. The van der Waals surface area contributed by atoms with Crippen LogP contribution in [0.1, 0.15) is 13.8 Å². The van der Waals surface area contributed by atoms with Gasteiger partial charge in [0.2, 0.25) is 10.0 Å². The predicted octanol–water partition coefficient (Wildman–Crippen LogP) is 0.899. The van der Waals surface area contributed by atoms with E-state index in [0.717, 1.165) is 12.1 Å². The zero-order valence-corrected chi connectivity index (χ0v) is 12.8. The first kappa shape index (κ1) is 17.3. The van der Waals surface area contributed by atoms with Crippen molar-refractivity contribution in [3.8, 4) is 5.75 Å². The van der Waals surface area contributed by atoms with Crippen LogP contribution in [-0.2, 0) is 10.0 Å². The Morgan fingerprint density at radius 1 is 1.43 bits per heavy atom. The first-order valence-corrected chi connectivity index (χ1v) is 7.67. The summed E-state index contributed by atoms with van der Waals surface area (Å²) in [5.41, 5.74) is -0.581. The zero-order valence-electron chi connectivity index (χ0n) is 11.9. The summed E-state index contributed by atoms with van der Waals surface area (Å²) < 4.78 is 31.6. The molecule has 0 amide bonds. The molecule has 0 spiro atoms. The molecular weight excluding hydrogens is 300 g/mol. The third kappa shape index (κ3) is 4.13. The molecule has 0 fully saturated rings. The van der Waals surface area contributed by atoms with Gasteiger partial charge in [-0.2, -0.15) is 0 Å². The standard InChI is InChI=1S/C12H18N2O6S/c1-8(2)10(7-15)13-21(18,19)12-5-4-9(20-3)6-11(12)14(16)17/h4-6,8,10,13,15H,7H2,1-3H3. The number of benzene rings is 1. The average Bonchev–Trinajstić information content (AvgIpc) is 2.43. The first-order chi connectivity index (χ1) is 9.72. The van der Waals surface area contributed by atoms with Crippen LogP contribution in [0.2, 0.25) is 0 Å². The largest absolute Gasteiger partial charge is 0.497 e. The van der Waals surface area contributed by atoms with E-state index in [1.807, 2.05) is 0 Å². The van der Waals surface area contributed by atoms with Crippen LogP contribution in [0.25, 0.3) is 0 Å². The minimum absolute atomic E-state index is 0.165. The van der Waals surface area contributed by atoms with E-state index >= 15 is 0 Å². The Hall–Kier alpha value is -1.71. The molecule has 0 aliphatic carbocycles. The molecule has 1 aromatic rings. The Bertz CT molecular complexity index is 614. The number of ether oxygens (including phenoxy) is 1. The van der Waals surface area contributed by atoms with E-state index in [0.29, 0.717) is 0 Å². The fourth-order valence-electron chi connectivity index (χ4n) is 1.64. The number of aliphatic hydroxyl groups is 1. The summed E-state index contributed by atoms with van der Waals surface area (Å²) in [4.78, 5) is 9.78. The molecule has 8 nitrogen and oxygen atoms in total.